The fourth-order valence-corrected chi connectivity index (χ4v) is 3.69. The van der Waals surface area contributed by atoms with E-state index in [2.05, 4.69) is 16.3 Å². The molecule has 0 aromatic heterocycles. The normalized spacial score (nSPS) is 15.4. The van der Waals surface area contributed by atoms with Crippen LogP contribution in [-0.4, -0.2) is 31.1 Å². The van der Waals surface area contributed by atoms with Crippen molar-refractivity contribution in [3.8, 4) is 0 Å². The summed E-state index contributed by atoms with van der Waals surface area (Å²) in [6.07, 6.45) is 3.68. The summed E-state index contributed by atoms with van der Waals surface area (Å²) in [7, 11) is 1.80. The average Bonchev–Trinajstić information content (AvgIpc) is 2.68. The van der Waals surface area contributed by atoms with E-state index in [-0.39, 0.29) is 12.1 Å². The fraction of sp³-hybridized carbons (Fsp3) is 0.381. The highest BCUT2D eigenvalue weighted by Gasteiger charge is 2.21. The first kappa shape index (κ1) is 18.6. The Morgan fingerprint density at radius 3 is 2.46 bits per heavy atom. The maximum Gasteiger partial charge on any atom is 0.322 e. The van der Waals surface area contributed by atoms with E-state index in [1.807, 2.05) is 49.4 Å². The van der Waals surface area contributed by atoms with Crippen molar-refractivity contribution < 1.29 is 4.79 Å². The summed E-state index contributed by atoms with van der Waals surface area (Å²) in [6, 6.07) is 15.4. The van der Waals surface area contributed by atoms with Crippen molar-refractivity contribution in [2.75, 3.05) is 30.4 Å². The van der Waals surface area contributed by atoms with Gasteiger partial charge in [-0.05, 0) is 49.9 Å². The summed E-state index contributed by atoms with van der Waals surface area (Å²) in [5.41, 5.74) is 2.90. The third-order valence-corrected chi connectivity index (χ3v) is 5.44. The standard InChI is InChI=1S/C21H26ClN3O/c1-16(17-10-4-5-11-18(17)22)24(2)21(26)23-19-12-6-7-13-20(19)25-14-8-3-9-15-25/h4-7,10-13,16H,3,8-9,14-15H2,1-2H3,(H,23,26). The molecule has 1 saturated heterocycles. The number of halogens is 1. The molecule has 2 amide bonds. The molecule has 2 aromatic carbocycles. The second kappa shape index (κ2) is 8.45. The number of nitrogens with zero attached hydrogens (tertiary/aromatic N) is 2. The minimum absolute atomic E-state index is 0.120. The molecule has 1 aliphatic rings. The van der Waals surface area contributed by atoms with E-state index in [1.54, 1.807) is 11.9 Å². The monoisotopic (exact) mass is 371 g/mol. The number of piperidine rings is 1. The Kier molecular flexibility index (Phi) is 6.04. The van der Waals surface area contributed by atoms with Crippen molar-refractivity contribution in [3.05, 3.63) is 59.1 Å². The topological polar surface area (TPSA) is 35.6 Å². The molecule has 2 aromatic rings. The Bertz CT molecular complexity index is 758. The molecule has 0 bridgehead atoms. The molecule has 1 heterocycles. The number of amides is 2. The van der Waals surface area contributed by atoms with Gasteiger partial charge in [0.2, 0.25) is 0 Å². The van der Waals surface area contributed by atoms with E-state index >= 15 is 0 Å². The van der Waals surface area contributed by atoms with Crippen LogP contribution in [0.15, 0.2) is 48.5 Å². The molecule has 0 radical (unpaired) electrons. The highest BCUT2D eigenvalue weighted by molar-refractivity contribution is 6.31. The highest BCUT2D eigenvalue weighted by Crippen LogP contribution is 2.30. The lowest BCUT2D eigenvalue weighted by Gasteiger charge is -2.31. The van der Waals surface area contributed by atoms with Crippen molar-refractivity contribution >= 4 is 29.0 Å². The van der Waals surface area contributed by atoms with Crippen molar-refractivity contribution in [3.63, 3.8) is 0 Å². The Morgan fingerprint density at radius 1 is 1.08 bits per heavy atom. The summed E-state index contributed by atoms with van der Waals surface area (Å²) in [5, 5.41) is 3.75. The van der Waals surface area contributed by atoms with Crippen LogP contribution >= 0.6 is 11.6 Å². The van der Waals surface area contributed by atoms with Crippen LogP contribution in [0.4, 0.5) is 16.2 Å². The van der Waals surface area contributed by atoms with Crippen LogP contribution in [0.2, 0.25) is 5.02 Å². The Balaban J connectivity index is 1.74. The summed E-state index contributed by atoms with van der Waals surface area (Å²) in [4.78, 5) is 16.9. The van der Waals surface area contributed by atoms with E-state index in [9.17, 15) is 4.79 Å². The lowest BCUT2D eigenvalue weighted by atomic mass is 10.1. The van der Waals surface area contributed by atoms with Crippen LogP contribution in [0.5, 0.6) is 0 Å². The highest BCUT2D eigenvalue weighted by atomic mass is 35.5. The summed E-state index contributed by atoms with van der Waals surface area (Å²) >= 11 is 6.29. The number of benzene rings is 2. The molecule has 3 rings (SSSR count). The van der Waals surface area contributed by atoms with E-state index in [1.165, 1.54) is 19.3 Å². The Morgan fingerprint density at radius 2 is 1.73 bits per heavy atom. The van der Waals surface area contributed by atoms with Crippen LogP contribution in [0.1, 0.15) is 37.8 Å². The second-order valence-corrected chi connectivity index (χ2v) is 7.21. The number of hydrogen-bond acceptors (Lipinski definition) is 2. The van der Waals surface area contributed by atoms with Gasteiger partial charge >= 0.3 is 6.03 Å². The van der Waals surface area contributed by atoms with E-state index in [0.717, 1.165) is 30.0 Å². The average molecular weight is 372 g/mol. The SMILES string of the molecule is CC(c1ccccc1Cl)N(C)C(=O)Nc1ccccc1N1CCCCC1. The lowest BCUT2D eigenvalue weighted by molar-refractivity contribution is 0.208. The van der Waals surface area contributed by atoms with Gasteiger partial charge in [0, 0.05) is 25.2 Å². The number of urea groups is 1. The minimum atomic E-state index is -0.137. The second-order valence-electron chi connectivity index (χ2n) is 6.80. The number of para-hydroxylation sites is 2. The molecular formula is C21H26ClN3O. The lowest BCUT2D eigenvalue weighted by Crippen LogP contribution is -2.35. The third-order valence-electron chi connectivity index (χ3n) is 5.10. The Labute approximate surface area is 160 Å². The number of carbonyl (C=O) groups is 1. The molecule has 0 aliphatic carbocycles. The first-order valence-corrected chi connectivity index (χ1v) is 9.58. The van der Waals surface area contributed by atoms with E-state index < -0.39 is 0 Å². The first-order chi connectivity index (χ1) is 12.6. The van der Waals surface area contributed by atoms with Crippen LogP contribution in [-0.2, 0) is 0 Å². The van der Waals surface area contributed by atoms with Crippen molar-refractivity contribution in [1.82, 2.24) is 4.90 Å². The predicted octanol–water partition coefficient (Wildman–Crippen LogP) is 5.56. The quantitative estimate of drug-likeness (QED) is 0.764. The van der Waals surface area contributed by atoms with E-state index in [0.29, 0.717) is 5.02 Å². The molecule has 4 nitrogen and oxygen atoms in total. The van der Waals surface area contributed by atoms with Crippen LogP contribution < -0.4 is 10.2 Å². The fourth-order valence-electron chi connectivity index (χ4n) is 3.39. The van der Waals surface area contributed by atoms with Gasteiger partial charge in [-0.1, -0.05) is 41.9 Å². The van der Waals surface area contributed by atoms with Crippen molar-refractivity contribution in [1.29, 1.82) is 0 Å². The molecule has 1 aliphatic heterocycles. The molecular weight excluding hydrogens is 346 g/mol. The van der Waals surface area contributed by atoms with Gasteiger partial charge in [-0.3, -0.25) is 0 Å². The van der Waals surface area contributed by atoms with Gasteiger partial charge in [0.15, 0.2) is 0 Å². The van der Waals surface area contributed by atoms with Gasteiger partial charge in [-0.15, -0.1) is 0 Å². The van der Waals surface area contributed by atoms with Crippen LogP contribution in [0, 0.1) is 0 Å². The maximum absolute atomic E-state index is 12.8. The molecule has 1 unspecified atom stereocenters. The zero-order valence-electron chi connectivity index (χ0n) is 15.4. The molecule has 26 heavy (non-hydrogen) atoms. The van der Waals surface area contributed by atoms with Gasteiger partial charge in [0.25, 0.3) is 0 Å². The molecule has 138 valence electrons. The molecule has 1 atom stereocenters. The maximum atomic E-state index is 12.8. The van der Waals surface area contributed by atoms with Crippen LogP contribution in [0.3, 0.4) is 0 Å². The number of rotatable bonds is 4. The number of nitrogens with one attached hydrogen (secondary N) is 1. The minimum Gasteiger partial charge on any atom is -0.370 e. The summed E-state index contributed by atoms with van der Waals surface area (Å²) < 4.78 is 0. The third kappa shape index (κ3) is 4.13. The molecule has 1 fully saturated rings. The zero-order chi connectivity index (χ0) is 18.5. The van der Waals surface area contributed by atoms with Gasteiger partial charge in [-0.2, -0.15) is 0 Å². The summed E-state index contributed by atoms with van der Waals surface area (Å²) in [5.74, 6) is 0. The largest absolute Gasteiger partial charge is 0.370 e. The zero-order valence-corrected chi connectivity index (χ0v) is 16.2. The Hall–Kier alpha value is -2.20. The molecule has 0 spiro atoms. The van der Waals surface area contributed by atoms with Crippen LogP contribution in [0.25, 0.3) is 0 Å². The summed E-state index contributed by atoms with van der Waals surface area (Å²) in [6.45, 7) is 4.06. The molecule has 5 heteroatoms. The van der Waals surface area contributed by atoms with Gasteiger partial charge in [0.05, 0.1) is 17.4 Å². The van der Waals surface area contributed by atoms with E-state index in [4.69, 9.17) is 11.6 Å². The first-order valence-electron chi connectivity index (χ1n) is 9.20. The number of carbonyl (C=O) groups excluding carboxylic acids is 1. The van der Waals surface area contributed by atoms with Gasteiger partial charge in [-0.25, -0.2) is 4.79 Å². The van der Waals surface area contributed by atoms with Crippen molar-refractivity contribution in [2.24, 2.45) is 0 Å². The molecule has 0 saturated carbocycles. The van der Waals surface area contributed by atoms with Gasteiger partial charge in [0.1, 0.15) is 0 Å². The van der Waals surface area contributed by atoms with Gasteiger partial charge < -0.3 is 15.1 Å². The molecule has 1 N–H and O–H groups in total. The number of anilines is 2. The number of hydrogen-bond donors (Lipinski definition) is 1. The predicted molar refractivity (Wildman–Crippen MR) is 109 cm³/mol. The smallest absolute Gasteiger partial charge is 0.322 e. The van der Waals surface area contributed by atoms with Crippen molar-refractivity contribution in [2.45, 2.75) is 32.2 Å².